The highest BCUT2D eigenvalue weighted by Gasteiger charge is 2.15. The topological polar surface area (TPSA) is 75.0 Å². The smallest absolute Gasteiger partial charge is 0.338 e. The molecule has 0 fully saturated rings. The SMILES string of the molecule is CCOC(=O)Cc1ccc(C(=O)OCC)cc1OCc1cc(Br)c2occc2c1. The summed E-state index contributed by atoms with van der Waals surface area (Å²) in [6, 6.07) is 10.6. The molecule has 0 aliphatic rings. The van der Waals surface area contributed by atoms with Crippen LogP contribution in [0.2, 0.25) is 0 Å². The van der Waals surface area contributed by atoms with Gasteiger partial charge in [0.15, 0.2) is 0 Å². The maximum Gasteiger partial charge on any atom is 0.338 e. The molecule has 2 aromatic carbocycles. The number of carbonyl (C=O) groups is 2. The minimum absolute atomic E-state index is 0.0523. The van der Waals surface area contributed by atoms with Crippen LogP contribution < -0.4 is 4.74 Å². The molecule has 0 bridgehead atoms. The summed E-state index contributed by atoms with van der Waals surface area (Å²) < 4.78 is 22.3. The Bertz CT molecular complexity index is 1020. The molecule has 3 aromatic rings. The van der Waals surface area contributed by atoms with Gasteiger partial charge in [-0.25, -0.2) is 4.79 Å². The Labute approximate surface area is 176 Å². The third kappa shape index (κ3) is 5.17. The van der Waals surface area contributed by atoms with Crippen molar-refractivity contribution in [1.29, 1.82) is 0 Å². The summed E-state index contributed by atoms with van der Waals surface area (Å²) in [4.78, 5) is 24.0. The summed E-state index contributed by atoms with van der Waals surface area (Å²) in [7, 11) is 0. The van der Waals surface area contributed by atoms with E-state index in [1.54, 1.807) is 38.3 Å². The first kappa shape index (κ1) is 20.9. The number of furan rings is 1. The predicted octanol–water partition coefficient (Wildman–Crippen LogP) is 5.06. The lowest BCUT2D eigenvalue weighted by Gasteiger charge is -2.13. The van der Waals surface area contributed by atoms with Gasteiger partial charge in [-0.1, -0.05) is 6.07 Å². The minimum Gasteiger partial charge on any atom is -0.489 e. The highest BCUT2D eigenvalue weighted by Crippen LogP contribution is 2.28. The van der Waals surface area contributed by atoms with Crippen molar-refractivity contribution in [2.24, 2.45) is 0 Å². The van der Waals surface area contributed by atoms with Crippen LogP contribution in [0, 0.1) is 0 Å². The first-order chi connectivity index (χ1) is 14.0. The number of benzene rings is 2. The Hall–Kier alpha value is -2.80. The molecule has 29 heavy (non-hydrogen) atoms. The second-order valence-electron chi connectivity index (χ2n) is 6.23. The van der Waals surface area contributed by atoms with E-state index in [0.29, 0.717) is 23.5 Å². The molecule has 0 saturated carbocycles. The number of hydrogen-bond donors (Lipinski definition) is 0. The molecule has 0 aliphatic carbocycles. The van der Waals surface area contributed by atoms with E-state index in [1.807, 2.05) is 18.2 Å². The molecule has 0 aliphatic heterocycles. The molecule has 0 unspecified atom stereocenters. The van der Waals surface area contributed by atoms with Crippen LogP contribution in [-0.4, -0.2) is 25.2 Å². The van der Waals surface area contributed by atoms with E-state index in [-0.39, 0.29) is 25.6 Å². The van der Waals surface area contributed by atoms with Crippen molar-refractivity contribution in [1.82, 2.24) is 0 Å². The molecular formula is C22H21BrO6. The van der Waals surface area contributed by atoms with Crippen LogP contribution in [0.3, 0.4) is 0 Å². The van der Waals surface area contributed by atoms with Crippen LogP contribution in [0.25, 0.3) is 11.0 Å². The molecule has 3 rings (SSSR count). The summed E-state index contributed by atoms with van der Waals surface area (Å²) in [6.07, 6.45) is 1.68. The van der Waals surface area contributed by atoms with E-state index < -0.39 is 5.97 Å². The quantitative estimate of drug-likeness (QED) is 0.437. The average Bonchev–Trinajstić information content (AvgIpc) is 3.17. The average molecular weight is 461 g/mol. The molecule has 0 spiro atoms. The van der Waals surface area contributed by atoms with Crippen molar-refractivity contribution < 1.29 is 28.2 Å². The molecule has 7 heteroatoms. The Morgan fingerprint density at radius 1 is 1.03 bits per heavy atom. The van der Waals surface area contributed by atoms with Crippen LogP contribution in [-0.2, 0) is 27.3 Å². The monoisotopic (exact) mass is 460 g/mol. The highest BCUT2D eigenvalue weighted by molar-refractivity contribution is 9.10. The number of rotatable bonds is 8. The van der Waals surface area contributed by atoms with E-state index >= 15 is 0 Å². The molecule has 0 atom stereocenters. The fraction of sp³-hybridized carbons (Fsp3) is 0.273. The molecule has 0 radical (unpaired) electrons. The van der Waals surface area contributed by atoms with Crippen molar-refractivity contribution in [3.8, 4) is 5.75 Å². The Kier molecular flexibility index (Phi) is 6.93. The predicted molar refractivity (Wildman–Crippen MR) is 111 cm³/mol. The molecule has 0 N–H and O–H groups in total. The van der Waals surface area contributed by atoms with E-state index in [4.69, 9.17) is 18.6 Å². The summed E-state index contributed by atoms with van der Waals surface area (Å²) in [6.45, 7) is 4.33. The van der Waals surface area contributed by atoms with E-state index in [9.17, 15) is 9.59 Å². The van der Waals surface area contributed by atoms with Gasteiger partial charge >= 0.3 is 11.9 Å². The molecule has 1 heterocycles. The zero-order valence-corrected chi connectivity index (χ0v) is 17.8. The minimum atomic E-state index is -0.442. The van der Waals surface area contributed by atoms with Crippen molar-refractivity contribution in [3.63, 3.8) is 0 Å². The van der Waals surface area contributed by atoms with Gasteiger partial charge in [-0.05, 0) is 65.7 Å². The number of hydrogen-bond acceptors (Lipinski definition) is 6. The van der Waals surface area contributed by atoms with Gasteiger partial charge in [0.25, 0.3) is 0 Å². The van der Waals surface area contributed by atoms with Crippen LogP contribution in [0.5, 0.6) is 5.75 Å². The van der Waals surface area contributed by atoms with Gasteiger partial charge < -0.3 is 18.6 Å². The van der Waals surface area contributed by atoms with Gasteiger partial charge in [0, 0.05) is 10.9 Å². The summed E-state index contributed by atoms with van der Waals surface area (Å²) in [5.74, 6) is -0.363. The van der Waals surface area contributed by atoms with E-state index in [1.165, 1.54) is 0 Å². The lowest BCUT2D eigenvalue weighted by Crippen LogP contribution is -2.11. The Morgan fingerprint density at radius 3 is 2.59 bits per heavy atom. The summed E-state index contributed by atoms with van der Waals surface area (Å²) in [5, 5.41) is 0.949. The van der Waals surface area contributed by atoms with Gasteiger partial charge in [0.2, 0.25) is 0 Å². The van der Waals surface area contributed by atoms with Crippen molar-refractivity contribution >= 4 is 38.8 Å². The first-order valence-electron chi connectivity index (χ1n) is 9.26. The zero-order valence-electron chi connectivity index (χ0n) is 16.2. The largest absolute Gasteiger partial charge is 0.489 e. The molecule has 1 aromatic heterocycles. The van der Waals surface area contributed by atoms with E-state index in [0.717, 1.165) is 21.0 Å². The van der Waals surface area contributed by atoms with Gasteiger partial charge in [0.1, 0.15) is 17.9 Å². The first-order valence-corrected chi connectivity index (χ1v) is 10.0. The normalized spacial score (nSPS) is 10.7. The fourth-order valence-electron chi connectivity index (χ4n) is 2.88. The highest BCUT2D eigenvalue weighted by atomic mass is 79.9. The van der Waals surface area contributed by atoms with Crippen LogP contribution in [0.15, 0.2) is 51.6 Å². The van der Waals surface area contributed by atoms with Crippen LogP contribution in [0.1, 0.15) is 35.3 Å². The van der Waals surface area contributed by atoms with Crippen molar-refractivity contribution in [3.05, 3.63) is 63.8 Å². The van der Waals surface area contributed by atoms with Gasteiger partial charge in [-0.3, -0.25) is 4.79 Å². The third-order valence-electron chi connectivity index (χ3n) is 4.18. The number of ether oxygens (including phenoxy) is 3. The summed E-state index contributed by atoms with van der Waals surface area (Å²) in [5.41, 5.74) is 2.68. The van der Waals surface area contributed by atoms with Gasteiger partial charge in [0.05, 0.1) is 35.9 Å². The lowest BCUT2D eigenvalue weighted by atomic mass is 10.1. The number of halogens is 1. The standard InChI is InChI=1S/C22H21BrO6/c1-3-26-20(24)12-15-5-6-17(22(25)27-4-2)11-19(15)29-13-14-9-16-7-8-28-21(16)18(23)10-14/h5-11H,3-4,12-13H2,1-2H3. The van der Waals surface area contributed by atoms with Crippen LogP contribution in [0.4, 0.5) is 0 Å². The molecular weight excluding hydrogens is 440 g/mol. The molecule has 0 amide bonds. The van der Waals surface area contributed by atoms with Crippen LogP contribution >= 0.6 is 15.9 Å². The maximum absolute atomic E-state index is 12.1. The molecule has 152 valence electrons. The number of carbonyl (C=O) groups excluding carboxylic acids is 2. The maximum atomic E-state index is 12.1. The number of fused-ring (bicyclic) bond motifs is 1. The van der Waals surface area contributed by atoms with Crippen molar-refractivity contribution in [2.45, 2.75) is 26.9 Å². The zero-order chi connectivity index (χ0) is 20.8. The van der Waals surface area contributed by atoms with E-state index in [2.05, 4.69) is 15.9 Å². The van der Waals surface area contributed by atoms with Crippen molar-refractivity contribution in [2.75, 3.05) is 13.2 Å². The Morgan fingerprint density at radius 2 is 1.83 bits per heavy atom. The Balaban J connectivity index is 1.85. The van der Waals surface area contributed by atoms with Gasteiger partial charge in [-0.15, -0.1) is 0 Å². The molecule has 6 nitrogen and oxygen atoms in total. The lowest BCUT2D eigenvalue weighted by molar-refractivity contribution is -0.142. The second-order valence-corrected chi connectivity index (χ2v) is 7.08. The summed E-state index contributed by atoms with van der Waals surface area (Å²) >= 11 is 3.49. The fourth-order valence-corrected chi connectivity index (χ4v) is 3.50. The van der Waals surface area contributed by atoms with Gasteiger partial charge in [-0.2, -0.15) is 0 Å². The second kappa shape index (κ2) is 9.60. The molecule has 0 saturated heterocycles. The number of esters is 2. The third-order valence-corrected chi connectivity index (χ3v) is 4.77.